The van der Waals surface area contributed by atoms with Crippen molar-refractivity contribution in [3.63, 3.8) is 0 Å². The Hall–Kier alpha value is -2.23. The highest BCUT2D eigenvalue weighted by atomic mass is 35.5. The Bertz CT molecular complexity index is 685. The normalized spacial score (nSPS) is 11.7. The van der Waals surface area contributed by atoms with Gasteiger partial charge in [0.05, 0.1) is 4.92 Å². The average molecular weight is 308 g/mol. The smallest absolute Gasteiger partial charge is 0.258 e. The van der Waals surface area contributed by atoms with Crippen molar-refractivity contribution in [2.45, 2.75) is 13.1 Å². The molecule has 106 valence electrons. The monoisotopic (exact) mass is 307 g/mol. The van der Waals surface area contributed by atoms with Gasteiger partial charge in [0.1, 0.15) is 6.33 Å². The first-order valence-electron chi connectivity index (χ1n) is 5.01. The van der Waals surface area contributed by atoms with Crippen molar-refractivity contribution in [3.8, 4) is 5.82 Å². The van der Waals surface area contributed by atoms with Crippen molar-refractivity contribution in [2.24, 2.45) is 0 Å². The standard InChI is InChI=1S/C9H5ClF3N5O2/c1-4-2-5(15-3-14-4)17-8(10)6(18(19)20)7(16-17)9(11,12)13/h2-3H,1H3. The number of alkyl halides is 3. The lowest BCUT2D eigenvalue weighted by molar-refractivity contribution is -0.388. The minimum absolute atomic E-state index is 0.0962. The van der Waals surface area contributed by atoms with E-state index in [9.17, 15) is 23.3 Å². The van der Waals surface area contributed by atoms with E-state index in [1.165, 1.54) is 6.07 Å². The van der Waals surface area contributed by atoms with Crippen LogP contribution in [-0.4, -0.2) is 24.7 Å². The van der Waals surface area contributed by atoms with Crippen LogP contribution in [0.2, 0.25) is 5.15 Å². The van der Waals surface area contributed by atoms with Gasteiger partial charge in [-0.1, -0.05) is 11.6 Å². The summed E-state index contributed by atoms with van der Waals surface area (Å²) < 4.78 is 38.7. The SMILES string of the molecule is Cc1cc(-n2nc(C(F)(F)F)c([N+](=O)[O-])c2Cl)ncn1. The van der Waals surface area contributed by atoms with Gasteiger partial charge in [-0.25, -0.2) is 9.97 Å². The fourth-order valence-electron chi connectivity index (χ4n) is 1.45. The molecule has 0 unspecified atom stereocenters. The summed E-state index contributed by atoms with van der Waals surface area (Å²) in [5.41, 5.74) is -2.54. The van der Waals surface area contributed by atoms with Crippen molar-refractivity contribution in [1.29, 1.82) is 0 Å². The molecular formula is C9H5ClF3N5O2. The molecule has 2 rings (SSSR count). The molecule has 0 aliphatic heterocycles. The number of hydrogen-bond acceptors (Lipinski definition) is 5. The van der Waals surface area contributed by atoms with E-state index >= 15 is 0 Å². The van der Waals surface area contributed by atoms with Crippen LogP contribution in [0.4, 0.5) is 18.9 Å². The summed E-state index contributed by atoms with van der Waals surface area (Å²) in [5, 5.41) is 13.1. The van der Waals surface area contributed by atoms with Gasteiger partial charge in [-0.05, 0) is 6.92 Å². The molecule has 2 heterocycles. The lowest BCUT2D eigenvalue weighted by atomic mass is 10.4. The fourth-order valence-corrected chi connectivity index (χ4v) is 1.73. The third-order valence-corrected chi connectivity index (χ3v) is 2.60. The van der Waals surface area contributed by atoms with Gasteiger partial charge in [0, 0.05) is 11.8 Å². The molecule has 11 heteroatoms. The number of nitrogens with zero attached hydrogens (tertiary/aromatic N) is 5. The van der Waals surface area contributed by atoms with E-state index in [2.05, 4.69) is 15.1 Å². The predicted molar refractivity (Wildman–Crippen MR) is 60.6 cm³/mol. The highest BCUT2D eigenvalue weighted by molar-refractivity contribution is 6.32. The van der Waals surface area contributed by atoms with Crippen LogP contribution in [0.1, 0.15) is 11.4 Å². The van der Waals surface area contributed by atoms with Crippen LogP contribution in [0, 0.1) is 17.0 Å². The third-order valence-electron chi connectivity index (χ3n) is 2.26. The van der Waals surface area contributed by atoms with Gasteiger partial charge in [-0.2, -0.15) is 23.0 Å². The van der Waals surface area contributed by atoms with Gasteiger partial charge in [-0.3, -0.25) is 10.1 Å². The number of aryl methyl sites for hydroxylation is 1. The van der Waals surface area contributed by atoms with Crippen LogP contribution in [-0.2, 0) is 6.18 Å². The number of rotatable bonds is 2. The number of hydrogen-bond donors (Lipinski definition) is 0. The second kappa shape index (κ2) is 4.71. The maximum atomic E-state index is 12.7. The minimum Gasteiger partial charge on any atom is -0.258 e. The Kier molecular flexibility index (Phi) is 3.34. The first-order valence-corrected chi connectivity index (χ1v) is 5.38. The van der Waals surface area contributed by atoms with Gasteiger partial charge in [0.2, 0.25) is 10.8 Å². The quantitative estimate of drug-likeness (QED) is 0.628. The Morgan fingerprint density at radius 3 is 2.50 bits per heavy atom. The van der Waals surface area contributed by atoms with Crippen molar-refractivity contribution in [2.75, 3.05) is 0 Å². The van der Waals surface area contributed by atoms with Gasteiger partial charge in [0.25, 0.3) is 0 Å². The molecule has 0 aliphatic rings. The van der Waals surface area contributed by atoms with Crippen LogP contribution in [0.15, 0.2) is 12.4 Å². The zero-order valence-electron chi connectivity index (χ0n) is 9.72. The van der Waals surface area contributed by atoms with E-state index in [0.29, 0.717) is 10.4 Å². The summed E-state index contributed by atoms with van der Waals surface area (Å²) in [6.07, 6.45) is -3.92. The molecule has 0 bridgehead atoms. The highest BCUT2D eigenvalue weighted by Gasteiger charge is 2.45. The summed E-state index contributed by atoms with van der Waals surface area (Å²) in [6, 6.07) is 1.29. The van der Waals surface area contributed by atoms with Crippen molar-refractivity contribution in [3.05, 3.63) is 39.0 Å². The van der Waals surface area contributed by atoms with Gasteiger partial charge in [0.15, 0.2) is 5.82 Å². The molecule has 0 radical (unpaired) electrons. The van der Waals surface area contributed by atoms with Gasteiger partial charge in [-0.15, -0.1) is 0 Å². The molecule has 7 nitrogen and oxygen atoms in total. The molecule has 0 amide bonds. The maximum Gasteiger partial charge on any atom is 0.442 e. The van der Waals surface area contributed by atoms with Crippen LogP contribution in [0.5, 0.6) is 0 Å². The molecule has 0 fully saturated rings. The van der Waals surface area contributed by atoms with Gasteiger partial charge >= 0.3 is 11.9 Å². The predicted octanol–water partition coefficient (Wildman–Crippen LogP) is 2.55. The average Bonchev–Trinajstić information content (AvgIpc) is 2.66. The largest absolute Gasteiger partial charge is 0.442 e. The molecule has 0 aromatic carbocycles. The van der Waals surface area contributed by atoms with Crippen LogP contribution in [0.25, 0.3) is 5.82 Å². The first-order chi connectivity index (χ1) is 9.21. The zero-order chi connectivity index (χ0) is 15.1. The summed E-state index contributed by atoms with van der Waals surface area (Å²) in [4.78, 5) is 16.9. The lowest BCUT2D eigenvalue weighted by Gasteiger charge is -2.01. The maximum absolute atomic E-state index is 12.7. The topological polar surface area (TPSA) is 86.7 Å². The molecule has 2 aromatic heterocycles. The summed E-state index contributed by atoms with van der Waals surface area (Å²) in [5.74, 6) is -0.0962. The second-order valence-electron chi connectivity index (χ2n) is 3.67. The van der Waals surface area contributed by atoms with Crippen LogP contribution >= 0.6 is 11.6 Å². The van der Waals surface area contributed by atoms with Gasteiger partial charge < -0.3 is 0 Å². The molecule has 20 heavy (non-hydrogen) atoms. The Labute approximate surface area is 114 Å². The lowest BCUT2D eigenvalue weighted by Crippen LogP contribution is -2.09. The van der Waals surface area contributed by atoms with Crippen molar-refractivity contribution >= 4 is 17.3 Å². The summed E-state index contributed by atoms with van der Waals surface area (Å²) in [7, 11) is 0. The van der Waals surface area contributed by atoms with E-state index in [4.69, 9.17) is 11.6 Å². The van der Waals surface area contributed by atoms with E-state index in [1.807, 2.05) is 0 Å². The molecule has 0 spiro atoms. The Morgan fingerprint density at radius 1 is 1.40 bits per heavy atom. The molecule has 0 saturated heterocycles. The Morgan fingerprint density at radius 2 is 2.05 bits per heavy atom. The van der Waals surface area contributed by atoms with E-state index < -0.39 is 27.6 Å². The number of halogens is 4. The first kappa shape index (κ1) is 14.2. The van der Waals surface area contributed by atoms with Crippen molar-refractivity contribution < 1.29 is 18.1 Å². The number of nitro groups is 1. The zero-order valence-corrected chi connectivity index (χ0v) is 10.5. The van der Waals surface area contributed by atoms with E-state index in [1.54, 1.807) is 6.92 Å². The highest BCUT2D eigenvalue weighted by Crippen LogP contribution is 2.40. The van der Waals surface area contributed by atoms with Crippen LogP contribution in [0.3, 0.4) is 0 Å². The van der Waals surface area contributed by atoms with E-state index in [0.717, 1.165) is 6.33 Å². The molecule has 0 N–H and O–H groups in total. The molecule has 0 aliphatic carbocycles. The molecule has 0 saturated carbocycles. The third kappa shape index (κ3) is 2.41. The Balaban J connectivity index is 2.71. The number of aromatic nitrogens is 4. The minimum atomic E-state index is -5.00. The summed E-state index contributed by atoms with van der Waals surface area (Å²) in [6.45, 7) is 1.57. The summed E-state index contributed by atoms with van der Waals surface area (Å²) >= 11 is 5.62. The molecule has 2 aromatic rings. The molecule has 0 atom stereocenters. The van der Waals surface area contributed by atoms with E-state index in [-0.39, 0.29) is 5.82 Å². The second-order valence-corrected chi connectivity index (χ2v) is 4.03. The fraction of sp³-hybridized carbons (Fsp3) is 0.222. The van der Waals surface area contributed by atoms with Crippen LogP contribution < -0.4 is 0 Å². The van der Waals surface area contributed by atoms with Crippen molar-refractivity contribution in [1.82, 2.24) is 19.7 Å². The molecular weight excluding hydrogens is 303 g/mol.